The van der Waals surface area contributed by atoms with Crippen molar-refractivity contribution in [2.75, 3.05) is 51.2 Å². The van der Waals surface area contributed by atoms with Gasteiger partial charge in [0.2, 0.25) is 0 Å². The summed E-state index contributed by atoms with van der Waals surface area (Å²) >= 11 is 0. The average Bonchev–Trinajstić information content (AvgIpc) is 2.34. The fourth-order valence-corrected chi connectivity index (χ4v) is 1.51. The van der Waals surface area contributed by atoms with E-state index in [1.54, 1.807) is 7.11 Å². The van der Waals surface area contributed by atoms with Crippen LogP contribution in [0.5, 0.6) is 0 Å². The molecule has 4 heteroatoms. The second-order valence-corrected chi connectivity index (χ2v) is 3.97. The third-order valence-corrected chi connectivity index (χ3v) is 2.55. The third kappa shape index (κ3) is 5.56. The molecular weight excluding hydrogens is 216 g/mol. The summed E-state index contributed by atoms with van der Waals surface area (Å²) in [5.74, 6) is 0. The second-order valence-electron chi connectivity index (χ2n) is 3.97. The molecule has 0 aliphatic rings. The predicted octanol–water partition coefficient (Wildman–Crippen LogP) is 1.76. The Kier molecular flexibility index (Phi) is 6.43. The molecule has 1 rings (SSSR count). The number of hydrogen-bond donors (Lipinski definition) is 1. The van der Waals surface area contributed by atoms with Crippen LogP contribution in [-0.4, -0.2) is 40.5 Å². The fraction of sp³-hybridized carbons (Fsp3) is 0.538. The molecule has 2 N–H and O–H groups in total. The lowest BCUT2D eigenvalue weighted by atomic mass is 10.2. The zero-order chi connectivity index (χ0) is 12.5. The van der Waals surface area contributed by atoms with Gasteiger partial charge in [0.05, 0.1) is 13.2 Å². The molecule has 0 bridgehead atoms. The average molecular weight is 238 g/mol. The Morgan fingerprint density at radius 1 is 1.12 bits per heavy atom. The number of methoxy groups -OCH3 is 1. The van der Waals surface area contributed by atoms with E-state index in [4.69, 9.17) is 15.2 Å². The minimum Gasteiger partial charge on any atom is -0.399 e. The second kappa shape index (κ2) is 7.92. The molecule has 0 heterocycles. The summed E-state index contributed by atoms with van der Waals surface area (Å²) in [7, 11) is 3.75. The van der Waals surface area contributed by atoms with E-state index >= 15 is 0 Å². The van der Waals surface area contributed by atoms with Crippen molar-refractivity contribution in [1.82, 2.24) is 0 Å². The highest BCUT2D eigenvalue weighted by Crippen LogP contribution is 2.14. The van der Waals surface area contributed by atoms with Gasteiger partial charge in [0, 0.05) is 38.7 Å². The van der Waals surface area contributed by atoms with E-state index < -0.39 is 0 Å². The van der Waals surface area contributed by atoms with Gasteiger partial charge in [0.1, 0.15) is 0 Å². The van der Waals surface area contributed by atoms with Crippen LogP contribution in [0.1, 0.15) is 6.42 Å². The third-order valence-electron chi connectivity index (χ3n) is 2.55. The summed E-state index contributed by atoms with van der Waals surface area (Å²) in [5, 5.41) is 0. The molecule has 0 spiro atoms. The Morgan fingerprint density at radius 3 is 2.47 bits per heavy atom. The van der Waals surface area contributed by atoms with Crippen molar-refractivity contribution < 1.29 is 9.47 Å². The summed E-state index contributed by atoms with van der Waals surface area (Å²) in [6, 6.07) is 7.89. The molecule has 0 saturated carbocycles. The lowest BCUT2D eigenvalue weighted by molar-refractivity contribution is 0.0701. The van der Waals surface area contributed by atoms with Gasteiger partial charge in [-0.15, -0.1) is 0 Å². The summed E-state index contributed by atoms with van der Waals surface area (Å²) in [6.45, 7) is 3.06. The summed E-state index contributed by atoms with van der Waals surface area (Å²) in [6.07, 6.45) is 1.00. The molecule has 0 aromatic heterocycles. The molecular formula is C13H22N2O2. The highest BCUT2D eigenvalue weighted by atomic mass is 16.5. The molecule has 0 amide bonds. The molecule has 0 fully saturated rings. The Bertz CT molecular complexity index is 301. The van der Waals surface area contributed by atoms with Crippen molar-refractivity contribution in [3.05, 3.63) is 24.3 Å². The van der Waals surface area contributed by atoms with Crippen LogP contribution in [0.15, 0.2) is 24.3 Å². The maximum absolute atomic E-state index is 5.64. The van der Waals surface area contributed by atoms with Gasteiger partial charge >= 0.3 is 0 Å². The minimum atomic E-state index is 0.661. The number of hydrogen-bond acceptors (Lipinski definition) is 4. The summed E-state index contributed by atoms with van der Waals surface area (Å²) in [4.78, 5) is 2.19. The molecule has 96 valence electrons. The predicted molar refractivity (Wildman–Crippen MR) is 71.4 cm³/mol. The Labute approximate surface area is 103 Å². The van der Waals surface area contributed by atoms with Crippen LogP contribution in [0.3, 0.4) is 0 Å². The van der Waals surface area contributed by atoms with E-state index in [-0.39, 0.29) is 0 Å². The lowest BCUT2D eigenvalue weighted by Crippen LogP contribution is -2.20. The maximum Gasteiger partial charge on any atom is 0.0700 e. The highest BCUT2D eigenvalue weighted by Gasteiger charge is 1.99. The number of benzene rings is 1. The number of nitrogens with two attached hydrogens (primary N) is 1. The van der Waals surface area contributed by atoms with Gasteiger partial charge in [-0.25, -0.2) is 0 Å². The molecule has 1 aromatic rings. The van der Waals surface area contributed by atoms with Crippen molar-refractivity contribution in [1.29, 1.82) is 0 Å². The molecule has 0 saturated heterocycles. The van der Waals surface area contributed by atoms with E-state index in [1.165, 1.54) is 5.69 Å². The van der Waals surface area contributed by atoms with Crippen molar-refractivity contribution in [3.63, 3.8) is 0 Å². The Balaban J connectivity index is 2.16. The van der Waals surface area contributed by atoms with E-state index in [2.05, 4.69) is 11.9 Å². The van der Waals surface area contributed by atoms with E-state index in [0.29, 0.717) is 13.2 Å². The van der Waals surface area contributed by atoms with Crippen molar-refractivity contribution in [2.45, 2.75) is 6.42 Å². The number of anilines is 2. The van der Waals surface area contributed by atoms with Crippen molar-refractivity contribution in [2.24, 2.45) is 0 Å². The molecule has 0 aliphatic carbocycles. The van der Waals surface area contributed by atoms with E-state index in [9.17, 15) is 0 Å². The summed E-state index contributed by atoms with van der Waals surface area (Å²) < 4.78 is 10.3. The van der Waals surface area contributed by atoms with Gasteiger partial charge in [-0.3, -0.25) is 0 Å². The SMILES string of the molecule is COCCOCCCN(C)c1ccc(N)cc1. The van der Waals surface area contributed by atoms with Crippen LogP contribution in [0.2, 0.25) is 0 Å². The van der Waals surface area contributed by atoms with Crippen LogP contribution in [0.25, 0.3) is 0 Å². The smallest absolute Gasteiger partial charge is 0.0700 e. The Morgan fingerprint density at radius 2 is 1.82 bits per heavy atom. The number of nitrogen functional groups attached to an aromatic ring is 1. The number of ether oxygens (including phenoxy) is 2. The van der Waals surface area contributed by atoms with E-state index in [0.717, 1.165) is 25.3 Å². The molecule has 1 aromatic carbocycles. The van der Waals surface area contributed by atoms with Crippen LogP contribution >= 0.6 is 0 Å². The molecule has 0 atom stereocenters. The van der Waals surface area contributed by atoms with Gasteiger partial charge in [-0.05, 0) is 30.7 Å². The summed E-state index contributed by atoms with van der Waals surface area (Å²) in [5.41, 5.74) is 7.62. The molecule has 17 heavy (non-hydrogen) atoms. The van der Waals surface area contributed by atoms with Gasteiger partial charge in [-0.1, -0.05) is 0 Å². The molecule has 0 aliphatic heterocycles. The van der Waals surface area contributed by atoms with E-state index in [1.807, 2.05) is 24.3 Å². The van der Waals surface area contributed by atoms with Gasteiger partial charge < -0.3 is 20.1 Å². The van der Waals surface area contributed by atoms with Crippen LogP contribution in [0.4, 0.5) is 11.4 Å². The first kappa shape index (κ1) is 13.8. The first-order chi connectivity index (χ1) is 8.24. The van der Waals surface area contributed by atoms with Gasteiger partial charge in [-0.2, -0.15) is 0 Å². The van der Waals surface area contributed by atoms with Crippen LogP contribution < -0.4 is 10.6 Å². The normalized spacial score (nSPS) is 10.5. The quantitative estimate of drug-likeness (QED) is 0.554. The fourth-order valence-electron chi connectivity index (χ4n) is 1.51. The maximum atomic E-state index is 5.64. The molecule has 0 radical (unpaired) electrons. The van der Waals surface area contributed by atoms with Gasteiger partial charge in [0.15, 0.2) is 0 Å². The highest BCUT2D eigenvalue weighted by molar-refractivity contribution is 5.52. The van der Waals surface area contributed by atoms with Gasteiger partial charge in [0.25, 0.3) is 0 Å². The van der Waals surface area contributed by atoms with Crippen LogP contribution in [-0.2, 0) is 9.47 Å². The van der Waals surface area contributed by atoms with Crippen LogP contribution in [0, 0.1) is 0 Å². The van der Waals surface area contributed by atoms with Crippen molar-refractivity contribution >= 4 is 11.4 Å². The number of nitrogens with zero attached hydrogens (tertiary/aromatic N) is 1. The minimum absolute atomic E-state index is 0.661. The van der Waals surface area contributed by atoms with Crippen molar-refractivity contribution in [3.8, 4) is 0 Å². The Hall–Kier alpha value is -1.26. The zero-order valence-corrected chi connectivity index (χ0v) is 10.7. The first-order valence-corrected chi connectivity index (χ1v) is 5.87. The molecule has 4 nitrogen and oxygen atoms in total. The zero-order valence-electron chi connectivity index (χ0n) is 10.7. The number of rotatable bonds is 8. The largest absolute Gasteiger partial charge is 0.399 e. The lowest BCUT2D eigenvalue weighted by Gasteiger charge is -2.19. The monoisotopic (exact) mass is 238 g/mol. The molecule has 0 unspecified atom stereocenters. The topological polar surface area (TPSA) is 47.7 Å². The standard InChI is InChI=1S/C13H22N2O2/c1-15(8-3-9-17-11-10-16-2)13-6-4-12(14)5-7-13/h4-7H,3,8-11,14H2,1-2H3. The first-order valence-electron chi connectivity index (χ1n) is 5.87.